The highest BCUT2D eigenvalue weighted by molar-refractivity contribution is 9.11. The van der Waals surface area contributed by atoms with Crippen LogP contribution in [0.2, 0.25) is 0 Å². The molecule has 0 spiro atoms. The van der Waals surface area contributed by atoms with Crippen molar-refractivity contribution in [2.75, 3.05) is 23.0 Å². The van der Waals surface area contributed by atoms with Crippen LogP contribution in [0.3, 0.4) is 0 Å². The summed E-state index contributed by atoms with van der Waals surface area (Å²) in [7, 11) is 1.29. The lowest BCUT2D eigenvalue weighted by atomic mass is 10.2. The Bertz CT molecular complexity index is 420. The molecule has 1 aromatic rings. The van der Waals surface area contributed by atoms with Gasteiger partial charge >= 0.3 is 0 Å². The summed E-state index contributed by atoms with van der Waals surface area (Å²) in [6.45, 7) is 0. The zero-order chi connectivity index (χ0) is 13.9. The van der Waals surface area contributed by atoms with Crippen LogP contribution < -0.4 is 0 Å². The van der Waals surface area contributed by atoms with E-state index in [1.807, 2.05) is 0 Å². The fourth-order valence-electron chi connectivity index (χ4n) is 3.01. The summed E-state index contributed by atoms with van der Waals surface area (Å²) in [6.07, 6.45) is 5.79. The van der Waals surface area contributed by atoms with Crippen molar-refractivity contribution < 1.29 is 0 Å². The molecule has 2 saturated heterocycles. The third-order valence-electron chi connectivity index (χ3n) is 4.17. The summed E-state index contributed by atoms with van der Waals surface area (Å²) >= 11 is 7.65. The Balaban J connectivity index is 1.71. The van der Waals surface area contributed by atoms with Crippen LogP contribution in [-0.4, -0.2) is 23.0 Å². The predicted octanol–water partition coefficient (Wildman–Crippen LogP) is 5.04. The molecule has 2 fully saturated rings. The summed E-state index contributed by atoms with van der Waals surface area (Å²) in [6, 6.07) is 4.79. The molecular formula is C16H22Br2S2+2. The second-order valence-electron chi connectivity index (χ2n) is 5.78. The quantitative estimate of drug-likeness (QED) is 0.579. The number of hydrogen-bond acceptors (Lipinski definition) is 0. The molecule has 0 atom stereocenters. The van der Waals surface area contributed by atoms with Gasteiger partial charge in [0, 0.05) is 20.1 Å². The van der Waals surface area contributed by atoms with Crippen LogP contribution >= 0.6 is 31.9 Å². The summed E-state index contributed by atoms with van der Waals surface area (Å²) < 4.78 is 2.69. The van der Waals surface area contributed by atoms with E-state index >= 15 is 0 Å². The molecule has 0 N–H and O–H groups in total. The van der Waals surface area contributed by atoms with Gasteiger partial charge in [0.15, 0.2) is 0 Å². The van der Waals surface area contributed by atoms with Crippen molar-refractivity contribution in [1.29, 1.82) is 0 Å². The molecule has 0 bridgehead atoms. The molecule has 20 heavy (non-hydrogen) atoms. The van der Waals surface area contributed by atoms with Crippen LogP contribution in [0.15, 0.2) is 21.1 Å². The standard InChI is InChI=1S/C16H22Br2S2/c17-15-10-14(12-20-7-3-4-8-20)16(18)9-13(15)11-19-5-1-2-6-19/h9-10H,1-8,11-12H2/q+2. The monoisotopic (exact) mass is 436 g/mol. The van der Waals surface area contributed by atoms with E-state index in [-0.39, 0.29) is 0 Å². The second-order valence-corrected chi connectivity index (χ2v) is 12.1. The maximum absolute atomic E-state index is 3.82. The molecule has 2 aliphatic rings. The Morgan fingerprint density at radius 2 is 1.05 bits per heavy atom. The summed E-state index contributed by atoms with van der Waals surface area (Å²) in [4.78, 5) is 0. The Morgan fingerprint density at radius 1 is 0.700 bits per heavy atom. The highest BCUT2D eigenvalue weighted by Gasteiger charge is 2.28. The van der Waals surface area contributed by atoms with Gasteiger partial charge in [-0.05, 0) is 59.6 Å². The third-order valence-corrected chi connectivity index (χ3v) is 10.5. The van der Waals surface area contributed by atoms with Crippen LogP contribution in [0.1, 0.15) is 36.8 Å². The van der Waals surface area contributed by atoms with Crippen molar-refractivity contribution in [3.05, 3.63) is 32.2 Å². The van der Waals surface area contributed by atoms with E-state index in [1.165, 1.54) is 80.3 Å². The molecule has 0 aliphatic carbocycles. The third kappa shape index (κ3) is 3.99. The largest absolute Gasteiger partial charge is 0.134 e. The van der Waals surface area contributed by atoms with E-state index < -0.39 is 0 Å². The fraction of sp³-hybridized carbons (Fsp3) is 0.625. The normalized spacial score (nSPS) is 20.9. The first-order chi connectivity index (χ1) is 9.72. The van der Waals surface area contributed by atoms with Gasteiger partial charge in [0.25, 0.3) is 0 Å². The van der Waals surface area contributed by atoms with Gasteiger partial charge < -0.3 is 0 Å². The Kier molecular flexibility index (Phi) is 5.86. The summed E-state index contributed by atoms with van der Waals surface area (Å²) in [5.41, 5.74) is 3.03. The molecule has 1 aromatic carbocycles. The lowest BCUT2D eigenvalue weighted by Crippen LogP contribution is -2.09. The fourth-order valence-corrected chi connectivity index (χ4v) is 9.23. The number of rotatable bonds is 4. The second kappa shape index (κ2) is 7.43. The SMILES string of the molecule is Brc1cc(C[S+]2CCCC2)c(Br)cc1C[S+]1CCCC1. The van der Waals surface area contributed by atoms with Gasteiger partial charge in [-0.3, -0.25) is 0 Å². The van der Waals surface area contributed by atoms with Crippen LogP contribution in [0.5, 0.6) is 0 Å². The van der Waals surface area contributed by atoms with Crippen LogP contribution in [0, 0.1) is 0 Å². The molecular weight excluding hydrogens is 416 g/mol. The minimum absolute atomic E-state index is 0.644. The van der Waals surface area contributed by atoms with Crippen molar-refractivity contribution in [2.45, 2.75) is 37.2 Å². The number of benzene rings is 1. The molecule has 0 amide bonds. The van der Waals surface area contributed by atoms with Gasteiger partial charge in [-0.2, -0.15) is 0 Å². The van der Waals surface area contributed by atoms with Crippen LogP contribution in [-0.2, 0) is 33.3 Å². The van der Waals surface area contributed by atoms with Gasteiger partial charge in [0.2, 0.25) is 0 Å². The molecule has 0 saturated carbocycles. The first-order valence-electron chi connectivity index (χ1n) is 7.47. The van der Waals surface area contributed by atoms with Crippen molar-refractivity contribution >= 4 is 53.6 Å². The first kappa shape index (κ1) is 15.8. The summed E-state index contributed by atoms with van der Waals surface area (Å²) in [5.74, 6) is 8.38. The molecule has 0 aromatic heterocycles. The molecule has 110 valence electrons. The van der Waals surface area contributed by atoms with Crippen LogP contribution in [0.4, 0.5) is 0 Å². The first-order valence-corrected chi connectivity index (χ1v) is 12.5. The van der Waals surface area contributed by atoms with E-state index in [0.717, 1.165) is 0 Å². The maximum atomic E-state index is 3.82. The highest BCUT2D eigenvalue weighted by Crippen LogP contribution is 2.31. The van der Waals surface area contributed by atoms with Crippen LogP contribution in [0.25, 0.3) is 0 Å². The van der Waals surface area contributed by atoms with Gasteiger partial charge in [0.1, 0.15) is 34.5 Å². The Labute approximate surface area is 145 Å². The molecule has 3 rings (SSSR count). The Morgan fingerprint density at radius 3 is 1.40 bits per heavy atom. The predicted molar refractivity (Wildman–Crippen MR) is 102 cm³/mol. The summed E-state index contributed by atoms with van der Waals surface area (Å²) in [5, 5.41) is 0. The molecule has 0 radical (unpaired) electrons. The molecule has 4 heteroatoms. The molecule has 2 heterocycles. The van der Waals surface area contributed by atoms with Crippen molar-refractivity contribution in [1.82, 2.24) is 0 Å². The Hall–Kier alpha value is 0.880. The highest BCUT2D eigenvalue weighted by atomic mass is 79.9. The topological polar surface area (TPSA) is 0 Å². The van der Waals surface area contributed by atoms with Crippen molar-refractivity contribution in [3.63, 3.8) is 0 Å². The van der Waals surface area contributed by atoms with Gasteiger partial charge in [-0.15, -0.1) is 0 Å². The van der Waals surface area contributed by atoms with Gasteiger partial charge in [-0.25, -0.2) is 0 Å². The van der Waals surface area contributed by atoms with E-state index in [1.54, 1.807) is 0 Å². The average molecular weight is 438 g/mol. The maximum Gasteiger partial charge on any atom is 0.134 e. The smallest absolute Gasteiger partial charge is 0.0503 e. The van der Waals surface area contributed by atoms with Gasteiger partial charge in [-0.1, -0.05) is 31.9 Å². The van der Waals surface area contributed by atoms with E-state index in [0.29, 0.717) is 21.8 Å². The van der Waals surface area contributed by atoms with E-state index in [9.17, 15) is 0 Å². The minimum Gasteiger partial charge on any atom is -0.0503 e. The van der Waals surface area contributed by atoms with Crippen molar-refractivity contribution in [3.8, 4) is 0 Å². The zero-order valence-corrected chi connectivity index (χ0v) is 16.6. The average Bonchev–Trinajstić information content (AvgIpc) is 3.08. The van der Waals surface area contributed by atoms with Crippen molar-refractivity contribution in [2.24, 2.45) is 0 Å². The zero-order valence-electron chi connectivity index (χ0n) is 11.8. The lowest BCUT2D eigenvalue weighted by Gasteiger charge is -2.10. The molecule has 2 aliphatic heterocycles. The van der Waals surface area contributed by atoms with Gasteiger partial charge in [0.05, 0.1) is 0 Å². The van der Waals surface area contributed by atoms with E-state index in [4.69, 9.17) is 0 Å². The minimum atomic E-state index is 0.644. The molecule has 0 nitrogen and oxygen atoms in total. The van der Waals surface area contributed by atoms with E-state index in [2.05, 4.69) is 44.0 Å². The lowest BCUT2D eigenvalue weighted by molar-refractivity contribution is 0.949. The molecule has 0 unspecified atom stereocenters. The number of halogens is 2. The number of hydrogen-bond donors (Lipinski definition) is 0.